The summed E-state index contributed by atoms with van der Waals surface area (Å²) < 4.78 is 30.8. The zero-order valence-electron chi connectivity index (χ0n) is 10.7. The highest BCUT2D eigenvalue weighted by atomic mass is 32.2. The van der Waals surface area contributed by atoms with Gasteiger partial charge in [-0.3, -0.25) is 4.79 Å². The first-order valence-electron chi connectivity index (χ1n) is 5.85. The fraction of sp³-hybridized carbons (Fsp3) is 0.364. The van der Waals surface area contributed by atoms with Gasteiger partial charge in [0, 0.05) is 12.7 Å². The zero-order valence-corrected chi connectivity index (χ0v) is 11.5. The number of esters is 1. The van der Waals surface area contributed by atoms with Crippen LogP contribution < -0.4 is 4.72 Å². The van der Waals surface area contributed by atoms with E-state index in [9.17, 15) is 18.0 Å². The first kappa shape index (κ1) is 14.4. The third-order valence-corrected chi connectivity index (χ3v) is 3.99. The van der Waals surface area contributed by atoms with Crippen molar-refractivity contribution in [1.82, 2.24) is 14.0 Å². The van der Waals surface area contributed by atoms with Crippen molar-refractivity contribution in [1.29, 1.82) is 0 Å². The van der Waals surface area contributed by atoms with E-state index in [1.54, 1.807) is 13.0 Å². The number of amides is 1. The summed E-state index contributed by atoms with van der Waals surface area (Å²) in [5, 5.41) is 0. The predicted molar refractivity (Wildman–Crippen MR) is 67.7 cm³/mol. The lowest BCUT2D eigenvalue weighted by Gasteiger charge is -2.12. The van der Waals surface area contributed by atoms with Crippen molar-refractivity contribution >= 4 is 22.1 Å². The molecule has 1 aliphatic heterocycles. The van der Waals surface area contributed by atoms with Gasteiger partial charge in [0.15, 0.2) is 0 Å². The summed E-state index contributed by atoms with van der Waals surface area (Å²) in [5.74, 6) is -1.16. The smallest absolute Gasteiger partial charge is 0.356 e. The van der Waals surface area contributed by atoms with Crippen LogP contribution in [0.15, 0.2) is 18.3 Å². The number of ether oxygens (including phenoxy) is 1. The number of aromatic nitrogens is 1. The van der Waals surface area contributed by atoms with E-state index in [-0.39, 0.29) is 25.4 Å². The van der Waals surface area contributed by atoms with Crippen molar-refractivity contribution in [3.05, 3.63) is 29.6 Å². The van der Waals surface area contributed by atoms with Crippen LogP contribution in [0.3, 0.4) is 0 Å². The molecule has 2 heterocycles. The van der Waals surface area contributed by atoms with Crippen LogP contribution in [0.2, 0.25) is 0 Å². The van der Waals surface area contributed by atoms with E-state index in [0.29, 0.717) is 5.56 Å². The van der Waals surface area contributed by atoms with E-state index >= 15 is 0 Å². The fourth-order valence-electron chi connectivity index (χ4n) is 1.72. The van der Waals surface area contributed by atoms with E-state index in [1.165, 1.54) is 12.3 Å². The van der Waals surface area contributed by atoms with Crippen LogP contribution >= 0.6 is 0 Å². The van der Waals surface area contributed by atoms with E-state index in [0.717, 1.165) is 4.31 Å². The van der Waals surface area contributed by atoms with Crippen LogP contribution in [0.4, 0.5) is 0 Å². The molecule has 0 unspecified atom stereocenters. The lowest BCUT2D eigenvalue weighted by atomic mass is 10.2. The third-order valence-electron chi connectivity index (χ3n) is 2.57. The van der Waals surface area contributed by atoms with E-state index in [1.807, 2.05) is 4.72 Å². The van der Waals surface area contributed by atoms with Crippen LogP contribution in [0.25, 0.3) is 0 Å². The first-order valence-corrected chi connectivity index (χ1v) is 7.29. The van der Waals surface area contributed by atoms with Crippen molar-refractivity contribution < 1.29 is 22.7 Å². The molecule has 0 aromatic carbocycles. The molecule has 1 aromatic heterocycles. The minimum absolute atomic E-state index is 0.0179. The van der Waals surface area contributed by atoms with Crippen LogP contribution in [0.1, 0.15) is 23.0 Å². The average molecular weight is 299 g/mol. The maximum Gasteiger partial charge on any atom is 0.356 e. The highest BCUT2D eigenvalue weighted by molar-refractivity contribution is 7.88. The molecule has 1 amide bonds. The van der Waals surface area contributed by atoms with Gasteiger partial charge in [-0.2, -0.15) is 12.7 Å². The normalized spacial score (nSPS) is 17.8. The molecule has 8 nitrogen and oxygen atoms in total. The number of carbonyl (C=O) groups excluding carboxylic acids is 2. The van der Waals surface area contributed by atoms with Gasteiger partial charge in [-0.05, 0) is 24.6 Å². The Bertz CT molecular complexity index is 643. The average Bonchev–Trinajstić information content (AvgIpc) is 2.63. The van der Waals surface area contributed by atoms with E-state index in [2.05, 4.69) is 4.98 Å². The molecule has 0 bridgehead atoms. The van der Waals surface area contributed by atoms with Gasteiger partial charge in [-0.15, -0.1) is 0 Å². The minimum atomic E-state index is -3.78. The fourth-order valence-corrected chi connectivity index (χ4v) is 2.81. The first-order chi connectivity index (χ1) is 9.42. The third kappa shape index (κ3) is 3.11. The molecule has 0 aliphatic carbocycles. The van der Waals surface area contributed by atoms with Crippen molar-refractivity contribution in [3.8, 4) is 0 Å². The second-order valence-corrected chi connectivity index (χ2v) is 5.74. The Balaban J connectivity index is 2.16. The number of nitrogens with zero attached hydrogens (tertiary/aromatic N) is 2. The molecule has 1 aliphatic rings. The molecule has 0 saturated carbocycles. The van der Waals surface area contributed by atoms with Gasteiger partial charge in [0.2, 0.25) is 5.91 Å². The number of hydrogen-bond donors (Lipinski definition) is 1. The summed E-state index contributed by atoms with van der Waals surface area (Å²) in [6.45, 7) is 1.65. The van der Waals surface area contributed by atoms with E-state index < -0.39 is 22.1 Å². The number of carbonyl (C=O) groups is 2. The van der Waals surface area contributed by atoms with Crippen molar-refractivity contribution in [2.75, 3.05) is 13.2 Å². The maximum atomic E-state index is 11.6. The van der Waals surface area contributed by atoms with Gasteiger partial charge >= 0.3 is 16.2 Å². The van der Waals surface area contributed by atoms with Gasteiger partial charge in [0.05, 0.1) is 13.2 Å². The molecular weight excluding hydrogens is 286 g/mol. The molecule has 0 radical (unpaired) electrons. The zero-order chi connectivity index (χ0) is 14.8. The molecule has 1 saturated heterocycles. The van der Waals surface area contributed by atoms with Gasteiger partial charge in [-0.1, -0.05) is 0 Å². The summed E-state index contributed by atoms with van der Waals surface area (Å²) >= 11 is 0. The molecule has 2 rings (SSSR count). The molecule has 20 heavy (non-hydrogen) atoms. The summed E-state index contributed by atoms with van der Waals surface area (Å²) in [7, 11) is -3.78. The van der Waals surface area contributed by atoms with Gasteiger partial charge in [-0.25, -0.2) is 14.5 Å². The standard InChI is InChI=1S/C11H13N3O5S/c1-2-19-11(16)9-5-8(3-4-12-9)6-14-7-10(15)13-20(14,17)18/h3-5H,2,6-7H2,1H3,(H,13,15). The summed E-state index contributed by atoms with van der Waals surface area (Å²) in [6, 6.07) is 3.01. The molecule has 0 atom stereocenters. The Morgan fingerprint density at radius 1 is 1.55 bits per heavy atom. The molecule has 1 N–H and O–H groups in total. The van der Waals surface area contributed by atoms with Crippen LogP contribution in [-0.2, 0) is 26.3 Å². The molecule has 1 fully saturated rings. The number of pyridine rings is 1. The molecule has 9 heteroatoms. The highest BCUT2D eigenvalue weighted by Crippen LogP contribution is 2.13. The van der Waals surface area contributed by atoms with Crippen molar-refractivity contribution in [2.24, 2.45) is 0 Å². The topological polar surface area (TPSA) is 106 Å². The van der Waals surface area contributed by atoms with Gasteiger partial charge in [0.1, 0.15) is 5.69 Å². The molecule has 1 aromatic rings. The molecular formula is C11H13N3O5S. The summed E-state index contributed by atoms with van der Waals surface area (Å²) in [5.41, 5.74) is 0.642. The predicted octanol–water partition coefficient (Wildman–Crippen LogP) is -0.565. The Morgan fingerprint density at radius 2 is 2.30 bits per heavy atom. The largest absolute Gasteiger partial charge is 0.461 e. The van der Waals surface area contributed by atoms with Crippen molar-refractivity contribution in [2.45, 2.75) is 13.5 Å². The second kappa shape index (κ2) is 5.55. The lowest BCUT2D eigenvalue weighted by molar-refractivity contribution is -0.118. The maximum absolute atomic E-state index is 11.6. The monoisotopic (exact) mass is 299 g/mol. The van der Waals surface area contributed by atoms with Crippen LogP contribution in [0.5, 0.6) is 0 Å². The number of nitrogens with one attached hydrogen (secondary N) is 1. The number of rotatable bonds is 4. The highest BCUT2D eigenvalue weighted by Gasteiger charge is 2.33. The minimum Gasteiger partial charge on any atom is -0.461 e. The number of hydrogen-bond acceptors (Lipinski definition) is 6. The van der Waals surface area contributed by atoms with E-state index in [4.69, 9.17) is 4.74 Å². The Hall–Kier alpha value is -2.00. The van der Waals surface area contributed by atoms with Crippen LogP contribution in [0, 0.1) is 0 Å². The second-order valence-electron chi connectivity index (χ2n) is 4.07. The lowest BCUT2D eigenvalue weighted by Crippen LogP contribution is -2.29. The van der Waals surface area contributed by atoms with Crippen LogP contribution in [-0.4, -0.2) is 42.7 Å². The van der Waals surface area contributed by atoms with Gasteiger partial charge < -0.3 is 4.74 Å². The summed E-state index contributed by atoms with van der Waals surface area (Å²) in [4.78, 5) is 26.5. The van der Waals surface area contributed by atoms with Crippen molar-refractivity contribution in [3.63, 3.8) is 0 Å². The molecule has 108 valence electrons. The summed E-state index contributed by atoms with van der Waals surface area (Å²) in [6.07, 6.45) is 1.39. The molecule has 0 spiro atoms. The van der Waals surface area contributed by atoms with Gasteiger partial charge in [0.25, 0.3) is 0 Å². The Kier molecular flexibility index (Phi) is 4.00. The SMILES string of the molecule is CCOC(=O)c1cc(CN2CC(=O)NS2(=O)=O)ccn1. The Morgan fingerprint density at radius 3 is 2.90 bits per heavy atom. The quantitative estimate of drug-likeness (QED) is 0.747. The Labute approximate surface area is 115 Å².